The zero-order valence-electron chi connectivity index (χ0n) is 14.7. The van der Waals surface area contributed by atoms with Gasteiger partial charge in [-0.15, -0.1) is 0 Å². The molecule has 7 heteroatoms. The fourth-order valence-electron chi connectivity index (χ4n) is 3.67. The Kier molecular flexibility index (Phi) is 5.84. The van der Waals surface area contributed by atoms with Crippen LogP contribution in [0.2, 0.25) is 0 Å². The molecule has 1 fully saturated rings. The van der Waals surface area contributed by atoms with E-state index in [1.165, 1.54) is 12.8 Å². The van der Waals surface area contributed by atoms with Crippen molar-refractivity contribution in [1.29, 1.82) is 5.26 Å². The first-order valence-corrected chi connectivity index (χ1v) is 9.79. The van der Waals surface area contributed by atoms with E-state index < -0.39 is 16.8 Å². The smallest absolute Gasteiger partial charge is 0.161 e. The van der Waals surface area contributed by atoms with Gasteiger partial charge in [-0.2, -0.15) is 5.26 Å². The van der Waals surface area contributed by atoms with Crippen LogP contribution in [0.25, 0.3) is 0 Å². The number of rotatable bonds is 6. The highest BCUT2D eigenvalue weighted by Crippen LogP contribution is 2.42. The molecule has 26 heavy (non-hydrogen) atoms. The summed E-state index contributed by atoms with van der Waals surface area (Å²) < 4.78 is 37.7. The van der Waals surface area contributed by atoms with Crippen LogP contribution in [0.4, 0.5) is 0 Å². The maximum Gasteiger partial charge on any atom is 0.161 e. The molecule has 0 aromatic heterocycles. The molecular formula is C19H22NO5S-. The van der Waals surface area contributed by atoms with Crippen LogP contribution in [0.15, 0.2) is 30.0 Å². The number of nitrogens with zero attached hydrogens (tertiary/aromatic N) is 1. The molecule has 2 aliphatic rings. The van der Waals surface area contributed by atoms with E-state index in [9.17, 15) is 14.0 Å². The van der Waals surface area contributed by atoms with Crippen molar-refractivity contribution in [3.8, 4) is 17.6 Å². The lowest BCUT2D eigenvalue weighted by Gasteiger charge is -2.31. The van der Waals surface area contributed by atoms with E-state index in [1.807, 2.05) is 18.2 Å². The van der Waals surface area contributed by atoms with Gasteiger partial charge in [-0.25, -0.2) is 4.21 Å². The van der Waals surface area contributed by atoms with E-state index in [1.54, 1.807) is 13.2 Å². The molecule has 3 rings (SSSR count). The zero-order chi connectivity index (χ0) is 18.6. The Morgan fingerprint density at radius 3 is 2.65 bits per heavy atom. The summed E-state index contributed by atoms with van der Waals surface area (Å²) >= 11 is -2.58. The Morgan fingerprint density at radius 1 is 1.31 bits per heavy atom. The van der Waals surface area contributed by atoms with Crippen LogP contribution in [0.5, 0.6) is 11.5 Å². The van der Waals surface area contributed by atoms with Gasteiger partial charge < -0.3 is 18.2 Å². The van der Waals surface area contributed by atoms with Gasteiger partial charge in [-0.3, -0.25) is 0 Å². The van der Waals surface area contributed by atoms with Crippen LogP contribution in [0.1, 0.15) is 50.5 Å². The third kappa shape index (κ3) is 4.02. The first-order valence-electron chi connectivity index (χ1n) is 8.79. The Balaban J connectivity index is 1.86. The van der Waals surface area contributed by atoms with E-state index in [0.717, 1.165) is 18.4 Å². The lowest BCUT2D eigenvalue weighted by atomic mass is 9.72. The first kappa shape index (κ1) is 18.7. The number of allylic oxidation sites excluding steroid dienone is 2. The van der Waals surface area contributed by atoms with E-state index >= 15 is 0 Å². The van der Waals surface area contributed by atoms with Crippen molar-refractivity contribution in [1.82, 2.24) is 0 Å². The fraction of sp³-hybridized carbons (Fsp3) is 0.526. The summed E-state index contributed by atoms with van der Waals surface area (Å²) in [5.41, 5.74) is 0.129. The van der Waals surface area contributed by atoms with Gasteiger partial charge in [0.25, 0.3) is 0 Å². The summed E-state index contributed by atoms with van der Waals surface area (Å²) in [5.74, 6) is 1.71. The van der Waals surface area contributed by atoms with Gasteiger partial charge in [0.05, 0.1) is 24.7 Å². The van der Waals surface area contributed by atoms with Crippen LogP contribution >= 0.6 is 0 Å². The van der Waals surface area contributed by atoms with Crippen molar-refractivity contribution >= 4 is 11.4 Å². The molecule has 6 nitrogen and oxygen atoms in total. The minimum Gasteiger partial charge on any atom is -0.740 e. The molecule has 1 aromatic rings. The molecule has 2 aliphatic carbocycles. The van der Waals surface area contributed by atoms with Crippen molar-refractivity contribution in [3.63, 3.8) is 0 Å². The Hall–Kier alpha value is -2.04. The normalized spacial score (nSPS) is 24.4. The highest BCUT2D eigenvalue weighted by atomic mass is 32.2. The molecule has 0 spiro atoms. The number of methoxy groups -OCH3 is 1. The topological polar surface area (TPSA) is 91.6 Å². The predicted octanol–water partition coefficient (Wildman–Crippen LogP) is 3.66. The summed E-state index contributed by atoms with van der Waals surface area (Å²) in [7, 11) is 1.60. The molecule has 0 saturated heterocycles. The zero-order valence-corrected chi connectivity index (χ0v) is 15.5. The molecule has 2 unspecified atom stereocenters. The first-order chi connectivity index (χ1) is 12.6. The van der Waals surface area contributed by atoms with Gasteiger partial charge in [0.15, 0.2) is 11.5 Å². The number of ether oxygens (including phenoxy) is 2. The van der Waals surface area contributed by atoms with Crippen molar-refractivity contribution < 1.29 is 22.4 Å². The summed E-state index contributed by atoms with van der Waals surface area (Å²) in [5, 5.41) is 9.85. The summed E-state index contributed by atoms with van der Waals surface area (Å²) in [6.45, 7) is 0. The molecule has 0 N–H and O–H groups in total. The lowest BCUT2D eigenvalue weighted by molar-refractivity contribution is 0.200. The van der Waals surface area contributed by atoms with E-state index in [0.29, 0.717) is 36.5 Å². The van der Waals surface area contributed by atoms with Crippen LogP contribution in [0, 0.1) is 11.3 Å². The predicted molar refractivity (Wildman–Crippen MR) is 95.1 cm³/mol. The molecule has 0 bridgehead atoms. The standard InChI is InChI=1S/C19H23NO5S/c1-23-17-7-6-14(12-18(17)24-15-4-2-3-5-15)19(13-20)10-8-16(9-11-19)25-26(21)22/h6-8,12,15H,2-5,9-11H2,1H3,(H,21,22)/p-1. The second kappa shape index (κ2) is 8.11. The maximum atomic E-state index is 10.7. The van der Waals surface area contributed by atoms with Gasteiger partial charge >= 0.3 is 0 Å². The Labute approximate surface area is 156 Å². The van der Waals surface area contributed by atoms with Crippen molar-refractivity contribution in [2.45, 2.75) is 56.5 Å². The molecular weight excluding hydrogens is 354 g/mol. The summed E-state index contributed by atoms with van der Waals surface area (Å²) in [4.78, 5) is 0. The number of hydrogen-bond donors (Lipinski definition) is 0. The molecule has 0 heterocycles. The molecule has 2 atom stereocenters. The number of nitriles is 1. The number of benzene rings is 1. The van der Waals surface area contributed by atoms with E-state index in [4.69, 9.17) is 13.7 Å². The minimum atomic E-state index is -2.58. The molecule has 1 aromatic carbocycles. The molecule has 0 radical (unpaired) electrons. The second-order valence-electron chi connectivity index (χ2n) is 6.75. The van der Waals surface area contributed by atoms with Crippen LogP contribution < -0.4 is 9.47 Å². The summed E-state index contributed by atoms with van der Waals surface area (Å²) in [6.07, 6.45) is 7.56. The van der Waals surface area contributed by atoms with Gasteiger partial charge in [-0.05, 0) is 62.3 Å². The van der Waals surface area contributed by atoms with E-state index in [2.05, 4.69) is 6.07 Å². The third-order valence-electron chi connectivity index (χ3n) is 5.18. The lowest BCUT2D eigenvalue weighted by Crippen LogP contribution is -2.27. The summed E-state index contributed by atoms with van der Waals surface area (Å²) in [6, 6.07) is 8.03. The molecule has 0 amide bonds. The SMILES string of the molecule is COc1ccc(C2(C#N)CC=C(OS(=O)[O-])CC2)cc1OC1CCCC1. The third-order valence-corrected chi connectivity index (χ3v) is 5.53. The fourth-order valence-corrected chi connectivity index (χ4v) is 4.00. The Morgan fingerprint density at radius 2 is 2.08 bits per heavy atom. The minimum absolute atomic E-state index is 0.190. The van der Waals surface area contributed by atoms with Crippen molar-refractivity contribution in [3.05, 3.63) is 35.6 Å². The van der Waals surface area contributed by atoms with Crippen LogP contribution in [-0.2, 0) is 21.0 Å². The second-order valence-corrected chi connectivity index (χ2v) is 7.32. The van der Waals surface area contributed by atoms with Gasteiger partial charge in [0.2, 0.25) is 0 Å². The Bertz CT molecular complexity index is 751. The van der Waals surface area contributed by atoms with Crippen molar-refractivity contribution in [2.75, 3.05) is 7.11 Å². The highest BCUT2D eigenvalue weighted by Gasteiger charge is 2.35. The maximum absolute atomic E-state index is 10.7. The van der Waals surface area contributed by atoms with Gasteiger partial charge in [0, 0.05) is 6.42 Å². The highest BCUT2D eigenvalue weighted by molar-refractivity contribution is 7.74. The molecule has 1 saturated carbocycles. The average molecular weight is 376 g/mol. The number of hydrogen-bond acceptors (Lipinski definition) is 6. The van der Waals surface area contributed by atoms with Gasteiger partial charge in [0.1, 0.15) is 17.1 Å². The monoisotopic (exact) mass is 376 g/mol. The van der Waals surface area contributed by atoms with Crippen molar-refractivity contribution in [2.24, 2.45) is 0 Å². The van der Waals surface area contributed by atoms with Crippen LogP contribution in [-0.4, -0.2) is 22.0 Å². The van der Waals surface area contributed by atoms with Crippen LogP contribution in [0.3, 0.4) is 0 Å². The largest absolute Gasteiger partial charge is 0.740 e. The molecule has 0 aliphatic heterocycles. The van der Waals surface area contributed by atoms with Gasteiger partial charge in [-0.1, -0.05) is 6.07 Å². The van der Waals surface area contributed by atoms with E-state index in [-0.39, 0.29) is 6.10 Å². The average Bonchev–Trinajstić information content (AvgIpc) is 3.15. The quantitative estimate of drug-likeness (QED) is 0.704. The molecule has 140 valence electrons.